The van der Waals surface area contributed by atoms with Gasteiger partial charge in [-0.05, 0) is 52.2 Å². The highest BCUT2D eigenvalue weighted by Crippen LogP contribution is 2.19. The van der Waals surface area contributed by atoms with E-state index < -0.39 is 0 Å². The van der Waals surface area contributed by atoms with Gasteiger partial charge in [0, 0.05) is 57.2 Å². The lowest BCUT2D eigenvalue weighted by Crippen LogP contribution is -2.52. The number of nitrogens with one attached hydrogen (secondary N) is 1. The highest BCUT2D eigenvalue weighted by molar-refractivity contribution is 7.09. The minimum atomic E-state index is 0.908. The maximum absolute atomic E-state index is 4.91. The smallest absolute Gasteiger partial charge is 0.205 e. The van der Waals surface area contributed by atoms with Gasteiger partial charge in [-0.15, -0.1) is 0 Å². The molecule has 8 heteroatoms. The van der Waals surface area contributed by atoms with Gasteiger partial charge in [-0.3, -0.25) is 4.99 Å². The van der Waals surface area contributed by atoms with Crippen LogP contribution in [0, 0.1) is 0 Å². The predicted octanol–water partition coefficient (Wildman–Crippen LogP) is 2.84. The predicted molar refractivity (Wildman–Crippen MR) is 123 cm³/mol. The Labute approximate surface area is 180 Å². The van der Waals surface area contributed by atoms with Crippen LogP contribution in [0.4, 0.5) is 5.13 Å². The molecule has 164 valence electrons. The van der Waals surface area contributed by atoms with Gasteiger partial charge in [0.25, 0.3) is 0 Å². The molecule has 0 spiro atoms. The van der Waals surface area contributed by atoms with Crippen LogP contribution in [-0.4, -0.2) is 84.0 Å². The number of piperazine rings is 1. The number of aliphatic imine (C=N–C) groups is 1. The number of hydrogen-bond acceptors (Lipinski definition) is 6. The van der Waals surface area contributed by atoms with Crippen molar-refractivity contribution in [2.45, 2.75) is 58.8 Å². The number of nitrogens with zero attached hydrogens (tertiary/aromatic N) is 6. The molecule has 0 amide bonds. The number of hydrogen-bond donors (Lipinski definition) is 1. The molecule has 3 heterocycles. The Morgan fingerprint density at radius 1 is 1.00 bits per heavy atom. The third-order valence-electron chi connectivity index (χ3n) is 5.80. The van der Waals surface area contributed by atoms with Crippen LogP contribution >= 0.6 is 11.5 Å². The van der Waals surface area contributed by atoms with E-state index in [1.807, 2.05) is 0 Å². The van der Waals surface area contributed by atoms with Gasteiger partial charge in [-0.2, -0.15) is 4.37 Å². The highest BCUT2D eigenvalue weighted by Gasteiger charge is 2.22. The highest BCUT2D eigenvalue weighted by atomic mass is 32.1. The maximum Gasteiger partial charge on any atom is 0.205 e. The first-order valence-corrected chi connectivity index (χ1v) is 12.4. The number of rotatable bonds is 9. The van der Waals surface area contributed by atoms with E-state index in [4.69, 9.17) is 4.99 Å². The lowest BCUT2D eigenvalue weighted by atomic mass is 10.1. The molecule has 0 aliphatic carbocycles. The molecule has 0 unspecified atom stereocenters. The first kappa shape index (κ1) is 22.3. The molecule has 2 aliphatic rings. The summed E-state index contributed by atoms with van der Waals surface area (Å²) in [4.78, 5) is 16.9. The average Bonchev–Trinajstić information content (AvgIpc) is 3.25. The minimum absolute atomic E-state index is 0.908. The Bertz CT molecular complexity index is 604. The third kappa shape index (κ3) is 7.10. The van der Waals surface area contributed by atoms with Gasteiger partial charge in [0.05, 0.1) is 0 Å². The van der Waals surface area contributed by atoms with Crippen molar-refractivity contribution in [2.24, 2.45) is 4.99 Å². The van der Waals surface area contributed by atoms with E-state index in [1.165, 1.54) is 69.7 Å². The van der Waals surface area contributed by atoms with E-state index in [0.717, 1.165) is 62.6 Å². The van der Waals surface area contributed by atoms with Crippen LogP contribution in [0.15, 0.2) is 4.99 Å². The fourth-order valence-corrected chi connectivity index (χ4v) is 4.85. The van der Waals surface area contributed by atoms with Gasteiger partial charge in [0.2, 0.25) is 5.13 Å². The number of guanidine groups is 1. The molecule has 2 aliphatic heterocycles. The molecule has 29 heavy (non-hydrogen) atoms. The summed E-state index contributed by atoms with van der Waals surface area (Å²) in [6.07, 6.45) is 8.90. The fourth-order valence-electron chi connectivity index (χ4n) is 4.04. The summed E-state index contributed by atoms with van der Waals surface area (Å²) in [6.45, 7) is 14.0. The first-order chi connectivity index (χ1) is 14.3. The van der Waals surface area contributed by atoms with Gasteiger partial charge in [0.1, 0.15) is 5.82 Å². The number of aromatic nitrogens is 2. The Hall–Kier alpha value is -1.41. The summed E-state index contributed by atoms with van der Waals surface area (Å²) < 4.78 is 4.42. The second-order valence-electron chi connectivity index (χ2n) is 8.02. The van der Waals surface area contributed by atoms with Crippen molar-refractivity contribution in [3.63, 3.8) is 0 Å². The lowest BCUT2D eigenvalue weighted by molar-refractivity contribution is 0.224. The lowest BCUT2D eigenvalue weighted by Gasteiger charge is -2.36. The van der Waals surface area contributed by atoms with Crippen molar-refractivity contribution in [1.82, 2.24) is 24.5 Å². The van der Waals surface area contributed by atoms with E-state index in [1.54, 1.807) is 0 Å². The van der Waals surface area contributed by atoms with Crippen molar-refractivity contribution < 1.29 is 0 Å². The second-order valence-corrected chi connectivity index (χ2v) is 8.75. The molecule has 0 radical (unpaired) electrons. The number of aryl methyl sites for hydroxylation is 1. The third-order valence-corrected chi connectivity index (χ3v) is 6.62. The van der Waals surface area contributed by atoms with Crippen molar-refractivity contribution in [3.8, 4) is 0 Å². The Morgan fingerprint density at radius 2 is 1.79 bits per heavy atom. The summed E-state index contributed by atoms with van der Waals surface area (Å²) >= 11 is 1.53. The topological polar surface area (TPSA) is 59.9 Å². The summed E-state index contributed by atoms with van der Waals surface area (Å²) in [5.74, 6) is 2.04. The van der Waals surface area contributed by atoms with Gasteiger partial charge in [-0.1, -0.05) is 19.8 Å². The molecule has 2 fully saturated rings. The summed E-state index contributed by atoms with van der Waals surface area (Å²) in [7, 11) is 0. The zero-order valence-electron chi connectivity index (χ0n) is 18.4. The summed E-state index contributed by atoms with van der Waals surface area (Å²) in [6, 6.07) is 0. The minimum Gasteiger partial charge on any atom is -0.357 e. The largest absolute Gasteiger partial charge is 0.357 e. The van der Waals surface area contributed by atoms with Crippen LogP contribution in [0.2, 0.25) is 0 Å². The van der Waals surface area contributed by atoms with Crippen LogP contribution in [-0.2, 0) is 6.42 Å². The van der Waals surface area contributed by atoms with E-state index in [2.05, 4.69) is 43.2 Å². The Morgan fingerprint density at radius 3 is 2.48 bits per heavy atom. The normalized spacial score (nSPS) is 19.0. The number of anilines is 1. The molecule has 7 nitrogen and oxygen atoms in total. The molecule has 0 bridgehead atoms. The molecular formula is C21H39N7S. The molecule has 1 N–H and O–H groups in total. The van der Waals surface area contributed by atoms with Crippen LogP contribution in [0.3, 0.4) is 0 Å². The molecule has 0 atom stereocenters. The van der Waals surface area contributed by atoms with Gasteiger partial charge in [-0.25, -0.2) is 4.98 Å². The zero-order valence-corrected chi connectivity index (χ0v) is 19.2. The second kappa shape index (κ2) is 12.3. The van der Waals surface area contributed by atoms with Gasteiger partial charge in [0.15, 0.2) is 5.96 Å². The Kier molecular flexibility index (Phi) is 9.47. The molecule has 1 aromatic rings. The zero-order chi connectivity index (χ0) is 20.3. The van der Waals surface area contributed by atoms with Gasteiger partial charge >= 0.3 is 0 Å². The van der Waals surface area contributed by atoms with E-state index in [0.29, 0.717) is 0 Å². The van der Waals surface area contributed by atoms with E-state index >= 15 is 0 Å². The van der Waals surface area contributed by atoms with Crippen LogP contribution in [0.1, 0.15) is 58.2 Å². The van der Waals surface area contributed by atoms with E-state index in [9.17, 15) is 0 Å². The summed E-state index contributed by atoms with van der Waals surface area (Å²) in [5, 5.41) is 4.55. The number of piperidine rings is 1. The standard InChI is InChI=1S/C21H39N7S/c1-3-19-24-21(29-25-19)28-17-15-27(16-18-28)20(22-4-2)23-11-7-5-8-12-26-13-9-6-10-14-26/h3-18H2,1-2H3,(H,22,23). The van der Waals surface area contributed by atoms with Crippen LogP contribution < -0.4 is 10.2 Å². The van der Waals surface area contributed by atoms with Crippen molar-refractivity contribution in [2.75, 3.05) is 63.8 Å². The molecule has 0 aromatic carbocycles. The molecule has 3 rings (SSSR count). The molecule has 0 saturated carbocycles. The molecular weight excluding hydrogens is 382 g/mol. The molecule has 1 aromatic heterocycles. The maximum atomic E-state index is 4.91. The summed E-state index contributed by atoms with van der Waals surface area (Å²) in [5.41, 5.74) is 0. The SMILES string of the molecule is CCNC(=NCCCCCN1CCCCC1)N1CCN(c2nc(CC)ns2)CC1. The fraction of sp³-hybridized carbons (Fsp3) is 0.857. The van der Waals surface area contributed by atoms with Crippen LogP contribution in [0.5, 0.6) is 0 Å². The van der Waals surface area contributed by atoms with E-state index in [-0.39, 0.29) is 0 Å². The number of unbranched alkanes of at least 4 members (excludes halogenated alkanes) is 2. The van der Waals surface area contributed by atoms with Crippen LogP contribution in [0.25, 0.3) is 0 Å². The van der Waals surface area contributed by atoms with Crippen molar-refractivity contribution in [3.05, 3.63) is 5.82 Å². The molecule has 2 saturated heterocycles. The quantitative estimate of drug-likeness (QED) is 0.376. The first-order valence-electron chi connectivity index (χ1n) is 11.6. The Balaban J connectivity index is 1.37. The van der Waals surface area contributed by atoms with Gasteiger partial charge < -0.3 is 20.0 Å². The van der Waals surface area contributed by atoms with Crippen molar-refractivity contribution in [1.29, 1.82) is 0 Å². The number of likely N-dealkylation sites (tertiary alicyclic amines) is 1. The monoisotopic (exact) mass is 421 g/mol. The van der Waals surface area contributed by atoms with Crippen molar-refractivity contribution >= 4 is 22.6 Å². The average molecular weight is 422 g/mol.